The zero-order valence-electron chi connectivity index (χ0n) is 13.0. The second-order valence-corrected chi connectivity index (χ2v) is 8.22. The van der Waals surface area contributed by atoms with Crippen LogP contribution in [0, 0.1) is 5.92 Å². The molecule has 118 valence electrons. The Labute approximate surface area is 140 Å². The predicted octanol–water partition coefficient (Wildman–Crippen LogP) is 3.89. The quantitative estimate of drug-likeness (QED) is 0.840. The molecule has 1 aromatic rings. The van der Waals surface area contributed by atoms with Crippen molar-refractivity contribution in [2.45, 2.75) is 25.5 Å². The van der Waals surface area contributed by atoms with Crippen molar-refractivity contribution in [1.82, 2.24) is 4.90 Å². The van der Waals surface area contributed by atoms with Gasteiger partial charge in [0.2, 0.25) is 0 Å². The van der Waals surface area contributed by atoms with Crippen molar-refractivity contribution < 1.29 is 4.79 Å². The molecule has 0 unspecified atom stereocenters. The molecule has 3 rings (SSSR count). The summed E-state index contributed by atoms with van der Waals surface area (Å²) in [5, 5.41) is 0. The lowest BCUT2D eigenvalue weighted by atomic mass is 9.98. The highest BCUT2D eigenvalue weighted by Crippen LogP contribution is 2.27. The van der Waals surface area contributed by atoms with Gasteiger partial charge in [-0.15, -0.1) is 0 Å². The molecule has 0 spiro atoms. The monoisotopic (exact) mass is 334 g/mol. The van der Waals surface area contributed by atoms with E-state index in [0.717, 1.165) is 65.4 Å². The molecule has 2 heterocycles. The smallest absolute Gasteiger partial charge is 0.254 e. The summed E-state index contributed by atoms with van der Waals surface area (Å²) in [6.07, 6.45) is 2.24. The molecule has 0 bridgehead atoms. The van der Waals surface area contributed by atoms with Crippen molar-refractivity contribution >= 4 is 33.8 Å². The summed E-state index contributed by atoms with van der Waals surface area (Å²) in [5.74, 6) is 2.86. The summed E-state index contributed by atoms with van der Waals surface area (Å²) < 4.78 is 1.16. The molecule has 2 aliphatic heterocycles. The van der Waals surface area contributed by atoms with Gasteiger partial charge in [-0.25, -0.2) is 0 Å². The lowest BCUT2D eigenvalue weighted by molar-refractivity contribution is 0.0696. The molecule has 1 amide bonds. The van der Waals surface area contributed by atoms with Gasteiger partial charge in [0.15, 0.2) is 0 Å². The first-order valence-electron chi connectivity index (χ1n) is 7.91. The highest BCUT2D eigenvalue weighted by molar-refractivity contribution is 8.38. The van der Waals surface area contributed by atoms with Crippen LogP contribution in [0.1, 0.15) is 35.7 Å². The second kappa shape index (κ2) is 7.55. The van der Waals surface area contributed by atoms with Crippen LogP contribution >= 0.6 is 23.5 Å². The zero-order chi connectivity index (χ0) is 15.4. The maximum atomic E-state index is 12.8. The number of rotatable bonds is 3. The van der Waals surface area contributed by atoms with Crippen LogP contribution < -0.4 is 0 Å². The highest BCUT2D eigenvalue weighted by Gasteiger charge is 2.23. The molecular weight excluding hydrogens is 312 g/mol. The lowest BCUT2D eigenvalue weighted by Gasteiger charge is -2.30. The van der Waals surface area contributed by atoms with Crippen LogP contribution in [0.2, 0.25) is 0 Å². The molecule has 1 fully saturated rings. The van der Waals surface area contributed by atoms with E-state index in [2.05, 4.69) is 18.0 Å². The predicted molar refractivity (Wildman–Crippen MR) is 96.8 cm³/mol. The van der Waals surface area contributed by atoms with E-state index in [1.807, 2.05) is 34.9 Å². The van der Waals surface area contributed by atoms with Crippen molar-refractivity contribution in [2.24, 2.45) is 10.9 Å². The first kappa shape index (κ1) is 15.9. The number of carbonyl (C=O) groups is 1. The van der Waals surface area contributed by atoms with E-state index in [1.54, 1.807) is 11.8 Å². The third-order valence-electron chi connectivity index (χ3n) is 4.23. The average molecular weight is 335 g/mol. The Kier molecular flexibility index (Phi) is 5.47. The Morgan fingerprint density at radius 3 is 2.86 bits per heavy atom. The van der Waals surface area contributed by atoms with Gasteiger partial charge in [0.1, 0.15) is 4.38 Å². The van der Waals surface area contributed by atoms with Crippen LogP contribution in [0.15, 0.2) is 29.3 Å². The normalized spacial score (nSPS) is 19.3. The Balaban J connectivity index is 1.68. The maximum Gasteiger partial charge on any atom is 0.254 e. The molecule has 2 aliphatic rings. The molecule has 1 aromatic carbocycles. The van der Waals surface area contributed by atoms with Crippen molar-refractivity contribution in [3.05, 3.63) is 35.4 Å². The van der Waals surface area contributed by atoms with Crippen molar-refractivity contribution in [3.8, 4) is 0 Å². The minimum absolute atomic E-state index is 0.198. The summed E-state index contributed by atoms with van der Waals surface area (Å²) in [6.45, 7) is 4.99. The van der Waals surface area contributed by atoms with Gasteiger partial charge in [0.25, 0.3) is 5.91 Å². The van der Waals surface area contributed by atoms with Crippen LogP contribution in [0.25, 0.3) is 0 Å². The minimum Gasteiger partial charge on any atom is -0.339 e. The van der Waals surface area contributed by atoms with Crippen LogP contribution in [0.3, 0.4) is 0 Å². The third kappa shape index (κ3) is 3.87. The van der Waals surface area contributed by atoms with E-state index in [-0.39, 0.29) is 5.91 Å². The molecule has 0 aliphatic carbocycles. The fourth-order valence-corrected chi connectivity index (χ4v) is 4.79. The van der Waals surface area contributed by atoms with Gasteiger partial charge in [0, 0.05) is 30.2 Å². The largest absolute Gasteiger partial charge is 0.339 e. The number of amides is 1. The number of hydrogen-bond acceptors (Lipinski definition) is 4. The van der Waals surface area contributed by atoms with E-state index in [4.69, 9.17) is 0 Å². The Hall–Kier alpha value is -0.940. The molecule has 0 saturated carbocycles. The van der Waals surface area contributed by atoms with Gasteiger partial charge in [0.05, 0.1) is 6.54 Å². The van der Waals surface area contributed by atoms with Crippen molar-refractivity contribution in [3.63, 3.8) is 0 Å². The van der Waals surface area contributed by atoms with E-state index in [9.17, 15) is 4.79 Å². The van der Waals surface area contributed by atoms with Crippen molar-refractivity contribution in [1.29, 1.82) is 0 Å². The number of hydrogen-bond donors (Lipinski definition) is 0. The molecule has 5 heteroatoms. The molecular formula is C17H22N2OS2. The molecule has 0 atom stereocenters. The van der Waals surface area contributed by atoms with E-state index in [0.29, 0.717) is 0 Å². The van der Waals surface area contributed by atoms with Gasteiger partial charge in [-0.05, 0) is 30.4 Å². The topological polar surface area (TPSA) is 32.7 Å². The number of carbonyl (C=O) groups excluding carboxylic acids is 1. The number of aliphatic imine (C=N–C) groups is 1. The van der Waals surface area contributed by atoms with Crippen LogP contribution in [-0.4, -0.2) is 40.6 Å². The summed E-state index contributed by atoms with van der Waals surface area (Å²) in [7, 11) is 0. The summed E-state index contributed by atoms with van der Waals surface area (Å²) in [6, 6.07) is 8.04. The summed E-state index contributed by atoms with van der Waals surface area (Å²) >= 11 is 3.58. The molecule has 0 N–H and O–H groups in total. The SMILES string of the molecule is CC1CCN(C(=O)c2ccccc2CSC2=NCCS2)CC1. The number of nitrogens with zero attached hydrogens (tertiary/aromatic N) is 2. The fraction of sp³-hybridized carbons (Fsp3) is 0.529. The lowest BCUT2D eigenvalue weighted by Crippen LogP contribution is -2.38. The van der Waals surface area contributed by atoms with Gasteiger partial charge >= 0.3 is 0 Å². The van der Waals surface area contributed by atoms with E-state index < -0.39 is 0 Å². The Morgan fingerprint density at radius 2 is 2.14 bits per heavy atom. The van der Waals surface area contributed by atoms with Crippen LogP contribution in [0.5, 0.6) is 0 Å². The summed E-state index contributed by atoms with van der Waals surface area (Å²) in [4.78, 5) is 19.3. The minimum atomic E-state index is 0.198. The average Bonchev–Trinajstić information content (AvgIpc) is 3.07. The van der Waals surface area contributed by atoms with Crippen LogP contribution in [0.4, 0.5) is 0 Å². The Morgan fingerprint density at radius 1 is 1.36 bits per heavy atom. The second-order valence-electron chi connectivity index (χ2n) is 5.92. The zero-order valence-corrected chi connectivity index (χ0v) is 14.6. The fourth-order valence-electron chi connectivity index (χ4n) is 2.78. The Bertz CT molecular complexity index is 566. The van der Waals surface area contributed by atoms with Gasteiger partial charge in [-0.2, -0.15) is 0 Å². The van der Waals surface area contributed by atoms with Crippen LogP contribution in [-0.2, 0) is 5.75 Å². The molecule has 0 radical (unpaired) electrons. The maximum absolute atomic E-state index is 12.8. The molecule has 22 heavy (non-hydrogen) atoms. The molecule has 1 saturated heterocycles. The number of thioether (sulfide) groups is 2. The van der Waals surface area contributed by atoms with Gasteiger partial charge < -0.3 is 4.90 Å². The number of piperidine rings is 1. The first-order chi connectivity index (χ1) is 10.7. The van der Waals surface area contributed by atoms with Gasteiger partial charge in [-0.3, -0.25) is 9.79 Å². The first-order valence-corrected chi connectivity index (χ1v) is 9.88. The summed E-state index contributed by atoms with van der Waals surface area (Å²) in [5.41, 5.74) is 2.00. The number of benzene rings is 1. The molecule has 3 nitrogen and oxygen atoms in total. The highest BCUT2D eigenvalue weighted by atomic mass is 32.2. The molecule has 0 aromatic heterocycles. The van der Waals surface area contributed by atoms with E-state index in [1.165, 1.54) is 0 Å². The number of likely N-dealkylation sites (tertiary alicyclic amines) is 1. The standard InChI is InChI=1S/C17H22N2OS2/c1-13-6-9-19(10-7-13)16(20)15-5-3-2-4-14(15)12-22-17-18-8-11-21-17/h2-5,13H,6-12H2,1H3. The van der Waals surface area contributed by atoms with Crippen molar-refractivity contribution in [2.75, 3.05) is 25.4 Å². The third-order valence-corrected chi connectivity index (χ3v) is 6.53. The van der Waals surface area contributed by atoms with E-state index >= 15 is 0 Å². The van der Waals surface area contributed by atoms with Gasteiger partial charge in [-0.1, -0.05) is 48.6 Å².